The van der Waals surface area contributed by atoms with Crippen LogP contribution in [0.5, 0.6) is 0 Å². The van der Waals surface area contributed by atoms with Crippen molar-refractivity contribution in [1.29, 1.82) is 0 Å². The second-order valence-corrected chi connectivity index (χ2v) is 8.07. The Morgan fingerprint density at radius 1 is 1.11 bits per heavy atom. The van der Waals surface area contributed by atoms with Crippen LogP contribution in [0.15, 0.2) is 48.1 Å². The highest BCUT2D eigenvalue weighted by Crippen LogP contribution is 2.26. The topological polar surface area (TPSA) is 52.6 Å². The molecule has 0 N–H and O–H groups in total. The van der Waals surface area contributed by atoms with Crippen molar-refractivity contribution >= 4 is 33.3 Å². The fourth-order valence-corrected chi connectivity index (χ4v) is 4.53. The van der Waals surface area contributed by atoms with Crippen LogP contribution in [0.4, 0.5) is 5.95 Å². The number of fused-ring (bicyclic) bond motifs is 1. The summed E-state index contributed by atoms with van der Waals surface area (Å²) in [5, 5.41) is 3.55. The van der Waals surface area contributed by atoms with Crippen molar-refractivity contribution in [2.24, 2.45) is 0 Å². The molecular weight excluding hydrogens is 370 g/mol. The van der Waals surface area contributed by atoms with Gasteiger partial charge < -0.3 is 14.7 Å². The molecule has 146 valence electrons. The largest absolute Gasteiger partial charge is 0.339 e. The predicted molar refractivity (Wildman–Crippen MR) is 114 cm³/mol. The molecule has 1 aliphatic rings. The minimum absolute atomic E-state index is 0.232. The minimum atomic E-state index is 0.232. The van der Waals surface area contributed by atoms with Crippen molar-refractivity contribution in [2.75, 3.05) is 44.7 Å². The van der Waals surface area contributed by atoms with Crippen molar-refractivity contribution in [2.45, 2.75) is 13.0 Å². The van der Waals surface area contributed by atoms with E-state index in [0.29, 0.717) is 6.42 Å². The molecule has 6 nitrogen and oxygen atoms in total. The van der Waals surface area contributed by atoms with Crippen LogP contribution in [0.1, 0.15) is 12.0 Å². The first kappa shape index (κ1) is 18.8. The molecule has 0 radical (unpaired) electrons. The molecule has 1 amide bonds. The van der Waals surface area contributed by atoms with Gasteiger partial charge >= 0.3 is 0 Å². The van der Waals surface area contributed by atoms with Gasteiger partial charge in [0.1, 0.15) is 0 Å². The number of nitrogens with zero attached hydrogens (tertiary/aromatic N) is 5. The lowest BCUT2D eigenvalue weighted by atomic mass is 10.1. The van der Waals surface area contributed by atoms with Gasteiger partial charge in [-0.25, -0.2) is 9.97 Å². The summed E-state index contributed by atoms with van der Waals surface area (Å²) in [6.45, 7) is 4.67. The van der Waals surface area contributed by atoms with E-state index in [1.54, 1.807) is 23.7 Å². The SMILES string of the molecule is CN(CCC(=O)N1CCN(c2ncccn2)CC1)Cc1csc2ccccc12. The van der Waals surface area contributed by atoms with Crippen molar-refractivity contribution in [1.82, 2.24) is 19.8 Å². The highest BCUT2D eigenvalue weighted by atomic mass is 32.1. The summed E-state index contributed by atoms with van der Waals surface area (Å²) < 4.78 is 1.32. The Morgan fingerprint density at radius 3 is 2.64 bits per heavy atom. The van der Waals surface area contributed by atoms with Crippen LogP contribution >= 0.6 is 11.3 Å². The molecule has 0 spiro atoms. The monoisotopic (exact) mass is 395 g/mol. The lowest BCUT2D eigenvalue weighted by molar-refractivity contribution is -0.131. The standard InChI is InChI=1S/C21H25N5OS/c1-24(15-17-16-28-19-6-3-2-5-18(17)19)10-7-20(27)25-11-13-26(14-12-25)21-22-8-4-9-23-21/h2-6,8-9,16H,7,10-15H2,1H3. The van der Waals surface area contributed by atoms with E-state index in [-0.39, 0.29) is 5.91 Å². The third-order valence-electron chi connectivity index (χ3n) is 5.18. The van der Waals surface area contributed by atoms with Gasteiger partial charge in [0.15, 0.2) is 0 Å². The van der Waals surface area contributed by atoms with Crippen LogP contribution in [-0.2, 0) is 11.3 Å². The number of hydrogen-bond acceptors (Lipinski definition) is 6. The lowest BCUT2D eigenvalue weighted by Crippen LogP contribution is -2.49. The number of aromatic nitrogens is 2. The van der Waals surface area contributed by atoms with Crippen LogP contribution in [0, 0.1) is 0 Å². The summed E-state index contributed by atoms with van der Waals surface area (Å²) in [5.41, 5.74) is 1.34. The smallest absolute Gasteiger partial charge is 0.225 e. The molecule has 0 aliphatic carbocycles. The zero-order valence-corrected chi connectivity index (χ0v) is 16.9. The highest BCUT2D eigenvalue weighted by molar-refractivity contribution is 7.17. The Hall–Kier alpha value is -2.51. The molecule has 3 aromatic rings. The third-order valence-corrected chi connectivity index (χ3v) is 6.19. The third kappa shape index (κ3) is 4.31. The van der Waals surface area contributed by atoms with E-state index in [1.807, 2.05) is 11.0 Å². The molecule has 1 fully saturated rings. The summed E-state index contributed by atoms with van der Waals surface area (Å²) in [6.07, 6.45) is 4.07. The van der Waals surface area contributed by atoms with E-state index in [1.165, 1.54) is 15.6 Å². The first-order valence-electron chi connectivity index (χ1n) is 9.64. The quantitative estimate of drug-likeness (QED) is 0.642. The average molecular weight is 396 g/mol. The highest BCUT2D eigenvalue weighted by Gasteiger charge is 2.22. The number of rotatable bonds is 6. The Labute approximate surface area is 169 Å². The fraction of sp³-hybridized carbons (Fsp3) is 0.381. The van der Waals surface area contributed by atoms with Crippen LogP contribution in [-0.4, -0.2) is 65.4 Å². The number of benzene rings is 1. The van der Waals surface area contributed by atoms with Crippen LogP contribution in [0.2, 0.25) is 0 Å². The molecule has 0 atom stereocenters. The van der Waals surface area contributed by atoms with Crippen molar-refractivity contribution in [3.8, 4) is 0 Å². The van der Waals surface area contributed by atoms with Crippen molar-refractivity contribution in [3.63, 3.8) is 0 Å². The minimum Gasteiger partial charge on any atom is -0.339 e. The summed E-state index contributed by atoms with van der Waals surface area (Å²) in [5.74, 6) is 0.980. The van der Waals surface area contributed by atoms with Gasteiger partial charge in [0.05, 0.1) is 0 Å². The van der Waals surface area contributed by atoms with Gasteiger partial charge in [0.25, 0.3) is 0 Å². The zero-order valence-electron chi connectivity index (χ0n) is 16.1. The van der Waals surface area contributed by atoms with E-state index in [4.69, 9.17) is 0 Å². The predicted octanol–water partition coefficient (Wildman–Crippen LogP) is 2.86. The van der Waals surface area contributed by atoms with Crippen molar-refractivity contribution in [3.05, 3.63) is 53.7 Å². The van der Waals surface area contributed by atoms with E-state index in [9.17, 15) is 4.79 Å². The molecular formula is C21H25N5OS. The lowest BCUT2D eigenvalue weighted by Gasteiger charge is -2.35. The van der Waals surface area contributed by atoms with Crippen molar-refractivity contribution < 1.29 is 4.79 Å². The second-order valence-electron chi connectivity index (χ2n) is 7.16. The summed E-state index contributed by atoms with van der Waals surface area (Å²) in [6, 6.07) is 10.3. The molecule has 4 rings (SSSR count). The molecule has 3 heterocycles. The number of hydrogen-bond donors (Lipinski definition) is 0. The molecule has 7 heteroatoms. The maximum Gasteiger partial charge on any atom is 0.225 e. The molecule has 1 saturated heterocycles. The summed E-state index contributed by atoms with van der Waals surface area (Å²) in [7, 11) is 2.09. The van der Waals surface area contributed by atoms with Crippen LogP contribution < -0.4 is 4.90 Å². The fourth-order valence-electron chi connectivity index (χ4n) is 3.58. The first-order chi connectivity index (χ1) is 13.7. The van der Waals surface area contributed by atoms with Gasteiger partial charge in [-0.3, -0.25) is 4.79 Å². The van der Waals surface area contributed by atoms with Crippen LogP contribution in [0.25, 0.3) is 10.1 Å². The zero-order chi connectivity index (χ0) is 19.3. The van der Waals surface area contributed by atoms with E-state index >= 15 is 0 Å². The van der Waals surface area contributed by atoms with E-state index < -0.39 is 0 Å². The first-order valence-corrected chi connectivity index (χ1v) is 10.5. The van der Waals surface area contributed by atoms with Gasteiger partial charge in [-0.15, -0.1) is 11.3 Å². The molecule has 0 bridgehead atoms. The second kappa shape index (κ2) is 8.67. The number of piperazine rings is 1. The van der Waals surface area contributed by atoms with E-state index in [2.05, 4.69) is 56.5 Å². The Balaban J connectivity index is 1.24. The Bertz CT molecular complexity index is 921. The van der Waals surface area contributed by atoms with Gasteiger partial charge in [-0.2, -0.15) is 0 Å². The Kier molecular flexibility index (Phi) is 5.83. The Morgan fingerprint density at radius 2 is 1.86 bits per heavy atom. The van der Waals surface area contributed by atoms with E-state index in [0.717, 1.165) is 45.2 Å². The number of carbonyl (C=O) groups excluding carboxylic acids is 1. The van der Waals surface area contributed by atoms with Gasteiger partial charge in [-0.1, -0.05) is 18.2 Å². The summed E-state index contributed by atoms with van der Waals surface area (Å²) >= 11 is 1.78. The summed E-state index contributed by atoms with van der Waals surface area (Å²) in [4.78, 5) is 27.5. The molecule has 1 aliphatic heterocycles. The van der Waals surface area contributed by atoms with Crippen LogP contribution in [0.3, 0.4) is 0 Å². The maximum atomic E-state index is 12.6. The number of anilines is 1. The molecule has 2 aromatic heterocycles. The molecule has 28 heavy (non-hydrogen) atoms. The van der Waals surface area contributed by atoms with Gasteiger partial charge in [0.2, 0.25) is 11.9 Å². The number of amides is 1. The number of carbonyl (C=O) groups is 1. The average Bonchev–Trinajstić information content (AvgIpc) is 3.15. The van der Waals surface area contributed by atoms with Gasteiger partial charge in [0, 0.05) is 62.8 Å². The van der Waals surface area contributed by atoms with Gasteiger partial charge in [-0.05, 0) is 35.5 Å². The normalized spacial score (nSPS) is 14.8. The molecule has 0 saturated carbocycles. The number of thiophene rings is 1. The maximum absolute atomic E-state index is 12.6. The molecule has 1 aromatic carbocycles. The molecule has 0 unspecified atom stereocenters.